The topological polar surface area (TPSA) is 172 Å². The van der Waals surface area contributed by atoms with Gasteiger partial charge < -0.3 is 29.7 Å². The van der Waals surface area contributed by atoms with Gasteiger partial charge in [-0.1, -0.05) is 56.2 Å². The molecule has 222 valence electrons. The van der Waals surface area contributed by atoms with Crippen LogP contribution in [0.4, 0.5) is 0 Å². The zero-order valence-corrected chi connectivity index (χ0v) is 22.8. The van der Waals surface area contributed by atoms with E-state index in [2.05, 4.69) is 5.32 Å². The number of benzene rings is 1. The Morgan fingerprint density at radius 1 is 0.821 bits per heavy atom. The molecule has 1 aromatic rings. The van der Waals surface area contributed by atoms with Crippen molar-refractivity contribution in [1.82, 2.24) is 10.4 Å². The van der Waals surface area contributed by atoms with Crippen LogP contribution in [0.2, 0.25) is 0 Å². The highest BCUT2D eigenvalue weighted by molar-refractivity contribution is 5.77. The molecule has 0 saturated heterocycles. The number of aryl methyl sites for hydroxylation is 1. The second-order valence-electron chi connectivity index (χ2n) is 8.75. The van der Waals surface area contributed by atoms with Crippen LogP contribution in [0.5, 0.6) is 5.75 Å². The number of carboxylic acid groups (broad SMARTS) is 2. The predicted molar refractivity (Wildman–Crippen MR) is 143 cm³/mol. The van der Waals surface area contributed by atoms with Gasteiger partial charge in [-0.05, 0) is 31.9 Å². The molecule has 0 unspecified atom stereocenters. The highest BCUT2D eigenvalue weighted by Crippen LogP contribution is 2.11. The number of hydrogen-bond donors (Lipinski definition) is 4. The van der Waals surface area contributed by atoms with E-state index in [-0.39, 0.29) is 51.9 Å². The Morgan fingerprint density at radius 3 is 2.00 bits per heavy atom. The molecule has 2 amide bonds. The van der Waals surface area contributed by atoms with E-state index in [4.69, 9.17) is 29.6 Å². The molecule has 0 aliphatic rings. The van der Waals surface area contributed by atoms with Crippen LogP contribution in [0.1, 0.15) is 63.4 Å². The summed E-state index contributed by atoms with van der Waals surface area (Å²) in [4.78, 5) is 42.1. The van der Waals surface area contributed by atoms with Crippen LogP contribution in [-0.2, 0) is 28.7 Å². The summed E-state index contributed by atoms with van der Waals surface area (Å²) in [5.41, 5.74) is 1.12. The number of carboxylic acids is 2. The van der Waals surface area contributed by atoms with Gasteiger partial charge in [0.1, 0.15) is 12.4 Å². The molecule has 0 aliphatic carbocycles. The smallest absolute Gasteiger partial charge is 0.341 e. The number of carbonyl (C=O) groups excluding carboxylic acids is 2. The van der Waals surface area contributed by atoms with E-state index in [1.165, 1.54) is 0 Å². The number of nitrogens with zero attached hydrogens (tertiary/aromatic N) is 1. The molecule has 0 spiro atoms. The van der Waals surface area contributed by atoms with Gasteiger partial charge in [0.05, 0.1) is 26.4 Å². The minimum absolute atomic E-state index is 0.0137. The van der Waals surface area contributed by atoms with E-state index in [9.17, 15) is 19.2 Å². The van der Waals surface area contributed by atoms with Crippen LogP contribution < -0.4 is 10.1 Å². The summed E-state index contributed by atoms with van der Waals surface area (Å²) in [6.07, 6.45) is 8.78. The van der Waals surface area contributed by atoms with Crippen molar-refractivity contribution in [2.45, 2.75) is 64.7 Å². The van der Waals surface area contributed by atoms with Gasteiger partial charge in [-0.2, -0.15) is 0 Å². The number of carbonyl (C=O) groups is 4. The Bertz CT molecular complexity index is 789. The van der Waals surface area contributed by atoms with Crippen molar-refractivity contribution in [1.29, 1.82) is 0 Å². The molecule has 39 heavy (non-hydrogen) atoms. The Morgan fingerprint density at radius 2 is 1.41 bits per heavy atom. The average molecular weight is 557 g/mol. The molecule has 1 rings (SSSR count). The lowest BCUT2D eigenvalue weighted by Crippen LogP contribution is -2.29. The molecule has 4 N–H and O–H groups in total. The van der Waals surface area contributed by atoms with Gasteiger partial charge in [-0.3, -0.25) is 19.6 Å². The van der Waals surface area contributed by atoms with Gasteiger partial charge in [-0.15, -0.1) is 0 Å². The zero-order valence-electron chi connectivity index (χ0n) is 22.8. The lowest BCUT2D eigenvalue weighted by Gasteiger charge is -2.09. The van der Waals surface area contributed by atoms with Gasteiger partial charge >= 0.3 is 11.9 Å². The maximum atomic E-state index is 11.5. The van der Waals surface area contributed by atoms with Gasteiger partial charge in [0.25, 0.3) is 0 Å². The minimum Gasteiger partial charge on any atom is -0.482 e. The molecule has 1 aromatic carbocycles. The van der Waals surface area contributed by atoms with Gasteiger partial charge in [-0.25, -0.2) is 9.86 Å². The van der Waals surface area contributed by atoms with E-state index >= 15 is 0 Å². The lowest BCUT2D eigenvalue weighted by molar-refractivity contribution is -0.152. The summed E-state index contributed by atoms with van der Waals surface area (Å²) in [6.45, 7) is 3.14. The number of rotatable bonds is 23. The maximum Gasteiger partial charge on any atom is 0.341 e. The third-order valence-corrected chi connectivity index (χ3v) is 5.21. The Kier molecular flexibility index (Phi) is 23.0. The van der Waals surface area contributed by atoms with Crippen LogP contribution in [0.3, 0.4) is 0 Å². The molecule has 0 atom stereocenters. The van der Waals surface area contributed by atoms with Crippen molar-refractivity contribution in [3.8, 4) is 5.75 Å². The van der Waals surface area contributed by atoms with E-state index in [0.29, 0.717) is 23.8 Å². The third-order valence-electron chi connectivity index (χ3n) is 5.21. The maximum absolute atomic E-state index is 11.5. The van der Waals surface area contributed by atoms with Crippen LogP contribution in [-0.4, -0.2) is 90.9 Å². The molecule has 0 fully saturated rings. The highest BCUT2D eigenvalue weighted by atomic mass is 16.5. The third kappa shape index (κ3) is 26.2. The molecule has 12 heteroatoms. The molecule has 0 heterocycles. The predicted octanol–water partition coefficient (Wildman–Crippen LogP) is 3.04. The van der Waals surface area contributed by atoms with Crippen molar-refractivity contribution in [2.75, 3.05) is 46.1 Å². The van der Waals surface area contributed by atoms with Gasteiger partial charge in [0.2, 0.25) is 12.3 Å². The molecule has 0 aromatic heterocycles. The first-order valence-corrected chi connectivity index (χ1v) is 13.2. The zero-order chi connectivity index (χ0) is 29.1. The van der Waals surface area contributed by atoms with Crippen LogP contribution in [0.15, 0.2) is 24.3 Å². The summed E-state index contributed by atoms with van der Waals surface area (Å²) in [7, 11) is 0. The van der Waals surface area contributed by atoms with Crippen LogP contribution >= 0.6 is 0 Å². The summed E-state index contributed by atoms with van der Waals surface area (Å²) in [5, 5.41) is 29.0. The molecule has 0 radical (unpaired) electrons. The van der Waals surface area contributed by atoms with E-state index in [0.717, 1.165) is 56.9 Å². The first-order chi connectivity index (χ1) is 18.7. The van der Waals surface area contributed by atoms with E-state index in [1.54, 1.807) is 12.1 Å². The number of amides is 2. The Labute approximate surface area is 230 Å². The number of ether oxygens (including phenoxy) is 3. The summed E-state index contributed by atoms with van der Waals surface area (Å²) >= 11 is 0. The average Bonchev–Trinajstić information content (AvgIpc) is 2.90. The highest BCUT2D eigenvalue weighted by Gasteiger charge is 2.02. The molecular formula is C27H44N2O10. The summed E-state index contributed by atoms with van der Waals surface area (Å²) < 4.78 is 15.2. The SMILES string of the molecule is Cc1ccc(OCC(=O)O)cc1.O=CN(O)CCOCCOCC(=O)NCCCCCCCCCCC(=O)O. The standard InChI is InChI=1S/C18H34N2O7.C9H10O3/c21-16-20(25)11-12-26-13-14-27-15-17(22)19-10-8-6-4-2-1-3-5-7-9-18(23)24;1-7-2-4-8(5-3-7)12-6-9(10)11/h16,25H,1-15H2,(H,19,22)(H,23,24);2-5H,6H2,1H3,(H,10,11). The van der Waals surface area contributed by atoms with Crippen molar-refractivity contribution >= 4 is 24.3 Å². The largest absolute Gasteiger partial charge is 0.482 e. The van der Waals surface area contributed by atoms with Crippen LogP contribution in [0.25, 0.3) is 0 Å². The lowest BCUT2D eigenvalue weighted by atomic mass is 10.1. The van der Waals surface area contributed by atoms with Crippen LogP contribution in [0, 0.1) is 6.92 Å². The second kappa shape index (κ2) is 25.1. The first kappa shape index (κ1) is 35.8. The van der Waals surface area contributed by atoms with Crippen molar-refractivity contribution in [3.63, 3.8) is 0 Å². The van der Waals surface area contributed by atoms with E-state index in [1.807, 2.05) is 19.1 Å². The fourth-order valence-corrected chi connectivity index (χ4v) is 3.12. The fraction of sp³-hybridized carbons (Fsp3) is 0.630. The number of aliphatic carboxylic acids is 2. The summed E-state index contributed by atoms with van der Waals surface area (Å²) in [6, 6.07) is 7.24. The fourth-order valence-electron chi connectivity index (χ4n) is 3.12. The number of hydrogen-bond acceptors (Lipinski definition) is 8. The quantitative estimate of drug-likeness (QED) is 0.0679. The van der Waals surface area contributed by atoms with Crippen molar-refractivity contribution in [2.24, 2.45) is 0 Å². The monoisotopic (exact) mass is 556 g/mol. The molecular weight excluding hydrogens is 512 g/mol. The van der Waals surface area contributed by atoms with Gasteiger partial charge in [0.15, 0.2) is 6.61 Å². The molecule has 12 nitrogen and oxygen atoms in total. The molecule has 0 saturated carbocycles. The number of nitrogens with one attached hydrogen (secondary N) is 1. The van der Waals surface area contributed by atoms with Crippen molar-refractivity contribution in [3.05, 3.63) is 29.8 Å². The first-order valence-electron chi connectivity index (χ1n) is 13.2. The second-order valence-corrected chi connectivity index (χ2v) is 8.75. The van der Waals surface area contributed by atoms with Crippen molar-refractivity contribution < 1.29 is 48.8 Å². The normalized spacial score (nSPS) is 10.2. The van der Waals surface area contributed by atoms with Gasteiger partial charge in [0, 0.05) is 13.0 Å². The summed E-state index contributed by atoms with van der Waals surface area (Å²) in [5.74, 6) is -1.25. The Hall–Kier alpha value is -3.22. The molecule has 0 bridgehead atoms. The van der Waals surface area contributed by atoms with E-state index < -0.39 is 11.9 Å². The minimum atomic E-state index is -0.962. The Balaban J connectivity index is 0.000000992. The number of unbranched alkanes of at least 4 members (excludes halogenated alkanes) is 7. The molecule has 0 aliphatic heterocycles. The number of hydroxylamine groups is 2.